The average Bonchev–Trinajstić information content (AvgIpc) is 3.09. The molecule has 0 heterocycles. The second-order valence-electron chi connectivity index (χ2n) is 5.47. The highest BCUT2D eigenvalue weighted by Gasteiger charge is 2.30. The van der Waals surface area contributed by atoms with Crippen LogP contribution in [0.15, 0.2) is 0 Å². The molecule has 0 aliphatic heterocycles. The highest BCUT2D eigenvalue weighted by atomic mass is 16.5. The van der Waals surface area contributed by atoms with E-state index in [9.17, 15) is 4.79 Å². The summed E-state index contributed by atoms with van der Waals surface area (Å²) >= 11 is 0. The Morgan fingerprint density at radius 1 is 1.35 bits per heavy atom. The zero-order valence-corrected chi connectivity index (χ0v) is 10.5. The van der Waals surface area contributed by atoms with Gasteiger partial charge in [0, 0.05) is 6.04 Å². The summed E-state index contributed by atoms with van der Waals surface area (Å²) in [5, 5.41) is 12.2. The van der Waals surface area contributed by atoms with Gasteiger partial charge >= 0.3 is 5.97 Å². The minimum Gasteiger partial charge on any atom is -0.480 e. The van der Waals surface area contributed by atoms with Crippen molar-refractivity contribution in [3.8, 4) is 0 Å². The van der Waals surface area contributed by atoms with Crippen LogP contribution in [0.25, 0.3) is 0 Å². The van der Waals surface area contributed by atoms with Gasteiger partial charge in [0.15, 0.2) is 0 Å². The summed E-state index contributed by atoms with van der Waals surface area (Å²) in [6.45, 7) is 2.51. The molecule has 2 saturated carbocycles. The van der Waals surface area contributed by atoms with Gasteiger partial charge < -0.3 is 9.84 Å². The first-order chi connectivity index (χ1) is 8.16. The molecule has 0 radical (unpaired) electrons. The van der Waals surface area contributed by atoms with Gasteiger partial charge in [-0.25, -0.2) is 0 Å². The number of ether oxygens (including phenoxy) is 1. The van der Waals surface area contributed by atoms with E-state index < -0.39 is 12.0 Å². The smallest absolute Gasteiger partial charge is 0.323 e. The standard InChI is InChI=1S/C13H23NO3/c1-9-4-2-3-5-12(9)17-8-11(13(15)16)14-10-6-7-10/h9-12,14H,2-8H2,1H3,(H,15,16). The molecule has 0 aromatic rings. The molecule has 17 heavy (non-hydrogen) atoms. The van der Waals surface area contributed by atoms with Gasteiger partial charge in [0.2, 0.25) is 0 Å². The van der Waals surface area contributed by atoms with Crippen LogP contribution in [0.1, 0.15) is 45.4 Å². The fraction of sp³-hybridized carbons (Fsp3) is 0.923. The second kappa shape index (κ2) is 5.83. The van der Waals surface area contributed by atoms with Gasteiger partial charge in [0.05, 0.1) is 12.7 Å². The van der Waals surface area contributed by atoms with E-state index in [4.69, 9.17) is 9.84 Å². The molecular formula is C13H23NO3. The van der Waals surface area contributed by atoms with Gasteiger partial charge in [-0.1, -0.05) is 19.8 Å². The molecule has 0 amide bonds. The van der Waals surface area contributed by atoms with Crippen LogP contribution in [-0.2, 0) is 9.53 Å². The Hall–Kier alpha value is -0.610. The fourth-order valence-electron chi connectivity index (χ4n) is 2.47. The van der Waals surface area contributed by atoms with Crippen molar-refractivity contribution in [1.82, 2.24) is 5.32 Å². The minimum absolute atomic E-state index is 0.256. The molecule has 3 atom stereocenters. The highest BCUT2D eigenvalue weighted by molar-refractivity contribution is 5.73. The van der Waals surface area contributed by atoms with E-state index in [1.54, 1.807) is 0 Å². The number of hydrogen-bond acceptors (Lipinski definition) is 3. The molecule has 0 aromatic heterocycles. The van der Waals surface area contributed by atoms with Crippen LogP contribution in [0.4, 0.5) is 0 Å². The zero-order valence-electron chi connectivity index (χ0n) is 10.5. The predicted molar refractivity (Wildman–Crippen MR) is 65.0 cm³/mol. The summed E-state index contributed by atoms with van der Waals surface area (Å²) in [5.41, 5.74) is 0. The Morgan fingerprint density at radius 3 is 2.65 bits per heavy atom. The molecule has 2 aliphatic rings. The normalized spacial score (nSPS) is 31.1. The first-order valence-electron chi connectivity index (χ1n) is 6.77. The maximum atomic E-state index is 11.1. The van der Waals surface area contributed by atoms with Crippen molar-refractivity contribution < 1.29 is 14.6 Å². The molecule has 2 rings (SSSR count). The SMILES string of the molecule is CC1CCCCC1OCC(NC1CC1)C(=O)O. The quantitative estimate of drug-likeness (QED) is 0.744. The van der Waals surface area contributed by atoms with Crippen LogP contribution in [0, 0.1) is 5.92 Å². The summed E-state index contributed by atoms with van der Waals surface area (Å²) in [6, 6.07) is -0.125. The van der Waals surface area contributed by atoms with E-state index in [0.717, 1.165) is 19.3 Å². The van der Waals surface area contributed by atoms with Gasteiger partial charge in [-0.15, -0.1) is 0 Å². The van der Waals surface area contributed by atoms with Crippen LogP contribution in [-0.4, -0.2) is 35.9 Å². The number of rotatable bonds is 6. The summed E-state index contributed by atoms with van der Waals surface area (Å²) in [7, 11) is 0. The lowest BCUT2D eigenvalue weighted by molar-refractivity contribution is -0.142. The predicted octanol–water partition coefficient (Wildman–Crippen LogP) is 1.79. The first kappa shape index (κ1) is 12.8. The lowest BCUT2D eigenvalue weighted by Crippen LogP contribution is -2.43. The third-order valence-electron chi connectivity index (χ3n) is 3.82. The van der Waals surface area contributed by atoms with E-state index in [2.05, 4.69) is 12.2 Å². The van der Waals surface area contributed by atoms with Crippen molar-refractivity contribution in [2.24, 2.45) is 5.92 Å². The lowest BCUT2D eigenvalue weighted by Gasteiger charge is -2.29. The Bertz CT molecular complexity index is 265. The summed E-state index contributed by atoms with van der Waals surface area (Å²) in [6.07, 6.45) is 7.24. The fourth-order valence-corrected chi connectivity index (χ4v) is 2.47. The van der Waals surface area contributed by atoms with Crippen molar-refractivity contribution in [1.29, 1.82) is 0 Å². The number of hydrogen-bond donors (Lipinski definition) is 2. The summed E-state index contributed by atoms with van der Waals surface area (Å²) in [4.78, 5) is 11.1. The molecule has 3 unspecified atom stereocenters. The first-order valence-corrected chi connectivity index (χ1v) is 6.77. The van der Waals surface area contributed by atoms with E-state index in [1.807, 2.05) is 0 Å². The Balaban J connectivity index is 1.75. The summed E-state index contributed by atoms with van der Waals surface area (Å²) in [5.74, 6) is -0.223. The largest absolute Gasteiger partial charge is 0.480 e. The maximum absolute atomic E-state index is 11.1. The van der Waals surface area contributed by atoms with Crippen molar-refractivity contribution in [2.75, 3.05) is 6.61 Å². The Labute approximate surface area is 103 Å². The van der Waals surface area contributed by atoms with Crippen LogP contribution in [0.3, 0.4) is 0 Å². The van der Waals surface area contributed by atoms with Crippen molar-refractivity contribution >= 4 is 5.97 Å². The Kier molecular flexibility index (Phi) is 4.40. The van der Waals surface area contributed by atoms with Gasteiger partial charge in [0.1, 0.15) is 6.04 Å². The van der Waals surface area contributed by atoms with E-state index in [0.29, 0.717) is 18.6 Å². The molecular weight excluding hydrogens is 218 g/mol. The maximum Gasteiger partial charge on any atom is 0.323 e. The van der Waals surface area contributed by atoms with E-state index in [-0.39, 0.29) is 6.10 Å². The number of carbonyl (C=O) groups is 1. The molecule has 2 aliphatic carbocycles. The molecule has 0 spiro atoms. The van der Waals surface area contributed by atoms with Crippen LogP contribution in [0.2, 0.25) is 0 Å². The van der Waals surface area contributed by atoms with Gasteiger partial charge in [-0.05, 0) is 31.6 Å². The number of carboxylic acids is 1. The van der Waals surface area contributed by atoms with Crippen molar-refractivity contribution in [2.45, 2.75) is 63.6 Å². The van der Waals surface area contributed by atoms with Gasteiger partial charge in [-0.2, -0.15) is 0 Å². The van der Waals surface area contributed by atoms with Crippen molar-refractivity contribution in [3.63, 3.8) is 0 Å². The molecule has 2 N–H and O–H groups in total. The monoisotopic (exact) mass is 241 g/mol. The van der Waals surface area contributed by atoms with E-state index in [1.165, 1.54) is 19.3 Å². The second-order valence-corrected chi connectivity index (χ2v) is 5.47. The molecule has 2 fully saturated rings. The molecule has 98 valence electrons. The molecule has 4 heteroatoms. The van der Waals surface area contributed by atoms with Crippen LogP contribution < -0.4 is 5.32 Å². The van der Waals surface area contributed by atoms with E-state index >= 15 is 0 Å². The summed E-state index contributed by atoms with van der Waals surface area (Å²) < 4.78 is 5.80. The third-order valence-corrected chi connectivity index (χ3v) is 3.82. The highest BCUT2D eigenvalue weighted by Crippen LogP contribution is 2.26. The van der Waals surface area contributed by atoms with Gasteiger partial charge in [0.25, 0.3) is 0 Å². The molecule has 0 bridgehead atoms. The number of nitrogens with one attached hydrogen (secondary N) is 1. The molecule has 0 aromatic carbocycles. The third kappa shape index (κ3) is 3.96. The Morgan fingerprint density at radius 2 is 2.06 bits per heavy atom. The number of aliphatic carboxylic acids is 1. The van der Waals surface area contributed by atoms with Crippen LogP contribution >= 0.6 is 0 Å². The number of carboxylic acid groups (broad SMARTS) is 1. The average molecular weight is 241 g/mol. The molecule has 0 saturated heterocycles. The molecule has 4 nitrogen and oxygen atoms in total. The zero-order chi connectivity index (χ0) is 12.3. The minimum atomic E-state index is -0.791. The van der Waals surface area contributed by atoms with Crippen molar-refractivity contribution in [3.05, 3.63) is 0 Å². The van der Waals surface area contributed by atoms with Crippen LogP contribution in [0.5, 0.6) is 0 Å². The topological polar surface area (TPSA) is 58.6 Å². The van der Waals surface area contributed by atoms with Gasteiger partial charge in [-0.3, -0.25) is 10.1 Å². The lowest BCUT2D eigenvalue weighted by atomic mass is 9.88.